The molecular weight excluding hydrogens is 344 g/mol. The molecule has 0 spiro atoms. The molecule has 0 bridgehead atoms. The van der Waals surface area contributed by atoms with Gasteiger partial charge in [0.15, 0.2) is 0 Å². The Balaban J connectivity index is 1.57. The number of amides is 1. The average molecular weight is 363 g/mol. The first-order chi connectivity index (χ1) is 12.1. The van der Waals surface area contributed by atoms with E-state index in [1.54, 1.807) is 7.11 Å². The fraction of sp³-hybridized carbons (Fsp3) is 0.353. The number of hydrogen-bond acceptors (Lipinski definition) is 6. The van der Waals surface area contributed by atoms with Crippen molar-refractivity contribution in [1.29, 1.82) is 0 Å². The Morgan fingerprint density at radius 2 is 2.28 bits per heavy atom. The van der Waals surface area contributed by atoms with E-state index in [2.05, 4.69) is 20.6 Å². The number of aliphatic hydroxyl groups excluding tert-OH is 1. The van der Waals surface area contributed by atoms with Crippen molar-refractivity contribution in [2.45, 2.75) is 25.1 Å². The smallest absolute Gasteiger partial charge is 0.270 e. The maximum atomic E-state index is 12.0. The summed E-state index contributed by atoms with van der Waals surface area (Å²) >= 11 is 5.74. The molecular formula is C17H19ClN4O3. The fourth-order valence-corrected chi connectivity index (χ4v) is 2.95. The topological polar surface area (TPSA) is 96.4 Å². The standard InChI is InChI=1S/C17H19ClN4O3/c1-25-12-3-2-10-5-13(19-7-11(10)4-12)15(23)8-20-17(24)14-6-16(18)22-9-21-14/h2-4,6,9,13,15,19,23H,5,7-8H2,1H3,(H,20,24)/t13-,15+/m0/s1. The summed E-state index contributed by atoms with van der Waals surface area (Å²) in [6.45, 7) is 0.757. The minimum Gasteiger partial charge on any atom is -0.497 e. The van der Waals surface area contributed by atoms with E-state index >= 15 is 0 Å². The Bertz CT molecular complexity index is 771. The molecule has 3 N–H and O–H groups in total. The molecule has 1 amide bonds. The van der Waals surface area contributed by atoms with Crippen LogP contribution >= 0.6 is 11.6 Å². The van der Waals surface area contributed by atoms with Crippen LogP contribution < -0.4 is 15.4 Å². The number of aromatic nitrogens is 2. The highest BCUT2D eigenvalue weighted by Gasteiger charge is 2.25. The Hall–Kier alpha value is -2.22. The number of aliphatic hydroxyl groups is 1. The molecule has 0 fully saturated rings. The van der Waals surface area contributed by atoms with Gasteiger partial charge in [-0.25, -0.2) is 9.97 Å². The number of halogens is 1. The third kappa shape index (κ3) is 4.25. The number of rotatable bonds is 5. The molecule has 1 aromatic heterocycles. The molecule has 0 saturated heterocycles. The first-order valence-electron chi connectivity index (χ1n) is 7.90. The predicted octanol–water partition coefficient (Wildman–Crippen LogP) is 0.944. The van der Waals surface area contributed by atoms with Gasteiger partial charge < -0.3 is 20.5 Å². The average Bonchev–Trinajstić information content (AvgIpc) is 2.64. The molecule has 2 atom stereocenters. The van der Waals surface area contributed by atoms with E-state index in [1.165, 1.54) is 12.4 Å². The third-order valence-electron chi connectivity index (χ3n) is 4.21. The van der Waals surface area contributed by atoms with E-state index in [0.29, 0.717) is 13.0 Å². The van der Waals surface area contributed by atoms with Crippen LogP contribution in [-0.2, 0) is 13.0 Å². The molecule has 0 saturated carbocycles. The molecule has 2 heterocycles. The molecule has 7 nitrogen and oxygen atoms in total. The van der Waals surface area contributed by atoms with E-state index < -0.39 is 12.0 Å². The molecule has 3 rings (SSSR count). The summed E-state index contributed by atoms with van der Waals surface area (Å²) in [7, 11) is 1.64. The van der Waals surface area contributed by atoms with Crippen LogP contribution in [0, 0.1) is 0 Å². The zero-order valence-electron chi connectivity index (χ0n) is 13.7. The highest BCUT2D eigenvalue weighted by Crippen LogP contribution is 2.23. The zero-order chi connectivity index (χ0) is 17.8. The van der Waals surface area contributed by atoms with Gasteiger partial charge >= 0.3 is 0 Å². The maximum Gasteiger partial charge on any atom is 0.270 e. The number of nitrogens with zero attached hydrogens (tertiary/aromatic N) is 2. The van der Waals surface area contributed by atoms with Crippen molar-refractivity contribution in [3.63, 3.8) is 0 Å². The highest BCUT2D eigenvalue weighted by molar-refractivity contribution is 6.29. The summed E-state index contributed by atoms with van der Waals surface area (Å²) in [5.41, 5.74) is 2.49. The molecule has 2 aromatic rings. The SMILES string of the molecule is COc1ccc2c(c1)CN[C@H]([C@H](O)CNC(=O)c1cc(Cl)ncn1)C2. The van der Waals surface area contributed by atoms with Gasteiger partial charge in [-0.2, -0.15) is 0 Å². The largest absolute Gasteiger partial charge is 0.497 e. The lowest BCUT2D eigenvalue weighted by Crippen LogP contribution is -2.49. The molecule has 25 heavy (non-hydrogen) atoms. The summed E-state index contributed by atoms with van der Waals surface area (Å²) in [5.74, 6) is 0.416. The lowest BCUT2D eigenvalue weighted by Gasteiger charge is -2.30. The Morgan fingerprint density at radius 3 is 3.04 bits per heavy atom. The van der Waals surface area contributed by atoms with Crippen LogP contribution in [0.4, 0.5) is 0 Å². The van der Waals surface area contributed by atoms with Crippen LogP contribution in [0.15, 0.2) is 30.6 Å². The van der Waals surface area contributed by atoms with Gasteiger partial charge in [0.05, 0.1) is 13.2 Å². The minimum absolute atomic E-state index is 0.115. The Kier molecular flexibility index (Phi) is 5.47. The second kappa shape index (κ2) is 7.77. The van der Waals surface area contributed by atoms with Crippen molar-refractivity contribution in [3.05, 3.63) is 52.6 Å². The molecule has 132 valence electrons. The Morgan fingerprint density at radius 1 is 1.44 bits per heavy atom. The maximum absolute atomic E-state index is 12.0. The van der Waals surface area contributed by atoms with Gasteiger partial charge in [-0.15, -0.1) is 0 Å². The number of methoxy groups -OCH3 is 1. The summed E-state index contributed by atoms with van der Waals surface area (Å²) in [6.07, 6.45) is 1.17. The van der Waals surface area contributed by atoms with Crippen LogP contribution in [0.5, 0.6) is 5.75 Å². The van der Waals surface area contributed by atoms with E-state index in [0.717, 1.165) is 16.9 Å². The van der Waals surface area contributed by atoms with Crippen LogP contribution in [0.3, 0.4) is 0 Å². The molecule has 0 aliphatic carbocycles. The lowest BCUT2D eigenvalue weighted by atomic mass is 9.92. The first-order valence-corrected chi connectivity index (χ1v) is 8.27. The lowest BCUT2D eigenvalue weighted by molar-refractivity contribution is 0.0865. The molecule has 0 radical (unpaired) electrons. The highest BCUT2D eigenvalue weighted by atomic mass is 35.5. The van der Waals surface area contributed by atoms with E-state index in [-0.39, 0.29) is 23.4 Å². The van der Waals surface area contributed by atoms with Gasteiger partial charge in [0.1, 0.15) is 22.9 Å². The van der Waals surface area contributed by atoms with Gasteiger partial charge in [0.25, 0.3) is 5.91 Å². The van der Waals surface area contributed by atoms with E-state index in [9.17, 15) is 9.90 Å². The fourth-order valence-electron chi connectivity index (χ4n) is 2.80. The van der Waals surface area contributed by atoms with Crippen molar-refractivity contribution in [1.82, 2.24) is 20.6 Å². The number of hydrogen-bond donors (Lipinski definition) is 3. The molecule has 1 aromatic carbocycles. The zero-order valence-corrected chi connectivity index (χ0v) is 14.5. The van der Waals surface area contributed by atoms with Crippen molar-refractivity contribution in [2.24, 2.45) is 0 Å². The first kappa shape index (κ1) is 17.6. The van der Waals surface area contributed by atoms with Gasteiger partial charge in [0.2, 0.25) is 0 Å². The van der Waals surface area contributed by atoms with Gasteiger partial charge in [-0.3, -0.25) is 4.79 Å². The van der Waals surface area contributed by atoms with E-state index in [1.807, 2.05) is 18.2 Å². The van der Waals surface area contributed by atoms with Crippen molar-refractivity contribution >= 4 is 17.5 Å². The van der Waals surface area contributed by atoms with E-state index in [4.69, 9.17) is 16.3 Å². The quantitative estimate of drug-likeness (QED) is 0.685. The number of carbonyl (C=O) groups excluding carboxylic acids is 1. The summed E-state index contributed by atoms with van der Waals surface area (Å²) in [6, 6.07) is 7.15. The van der Waals surface area contributed by atoms with Gasteiger partial charge in [-0.05, 0) is 29.7 Å². The number of nitrogens with one attached hydrogen (secondary N) is 2. The molecule has 0 unspecified atom stereocenters. The molecule has 1 aliphatic heterocycles. The molecule has 8 heteroatoms. The number of ether oxygens (including phenoxy) is 1. The van der Waals surface area contributed by atoms with Crippen molar-refractivity contribution < 1.29 is 14.6 Å². The van der Waals surface area contributed by atoms with Crippen LogP contribution in [-0.4, -0.2) is 46.8 Å². The second-order valence-electron chi connectivity index (χ2n) is 5.83. The number of fused-ring (bicyclic) bond motifs is 1. The minimum atomic E-state index is -0.725. The second-order valence-corrected chi connectivity index (χ2v) is 6.22. The van der Waals surface area contributed by atoms with Crippen molar-refractivity contribution in [2.75, 3.05) is 13.7 Å². The van der Waals surface area contributed by atoms with Crippen LogP contribution in [0.25, 0.3) is 0 Å². The summed E-state index contributed by atoms with van der Waals surface area (Å²) < 4.78 is 5.23. The summed E-state index contributed by atoms with van der Waals surface area (Å²) in [5, 5.41) is 16.5. The third-order valence-corrected chi connectivity index (χ3v) is 4.42. The monoisotopic (exact) mass is 362 g/mol. The number of benzene rings is 1. The molecule has 1 aliphatic rings. The van der Waals surface area contributed by atoms with Crippen molar-refractivity contribution in [3.8, 4) is 5.75 Å². The van der Waals surface area contributed by atoms with Crippen LogP contribution in [0.1, 0.15) is 21.6 Å². The Labute approximate surface area is 150 Å². The van der Waals surface area contributed by atoms with Gasteiger partial charge in [0, 0.05) is 25.2 Å². The van der Waals surface area contributed by atoms with Crippen LogP contribution in [0.2, 0.25) is 5.15 Å². The summed E-state index contributed by atoms with van der Waals surface area (Å²) in [4.78, 5) is 19.6. The number of carbonyl (C=O) groups is 1. The predicted molar refractivity (Wildman–Crippen MR) is 92.7 cm³/mol. The van der Waals surface area contributed by atoms with Gasteiger partial charge in [-0.1, -0.05) is 17.7 Å². The normalized spacial score (nSPS) is 17.5.